The first-order valence-corrected chi connectivity index (χ1v) is 6.27. The Kier molecular flexibility index (Phi) is 6.79. The summed E-state index contributed by atoms with van der Waals surface area (Å²) in [7, 11) is 4.11. The van der Waals surface area contributed by atoms with Gasteiger partial charge in [-0.05, 0) is 39.2 Å². The van der Waals surface area contributed by atoms with Gasteiger partial charge in [0.15, 0.2) is 5.96 Å². The highest BCUT2D eigenvalue weighted by atomic mass is 15.1. The van der Waals surface area contributed by atoms with Crippen molar-refractivity contribution in [3.63, 3.8) is 0 Å². The number of rotatable bonds is 7. The van der Waals surface area contributed by atoms with Crippen LogP contribution in [0, 0.1) is 0 Å². The standard InChI is InChI=1S/C13H23N5/c1-18(2)11-5-9-16-13(14)17-10-7-12-6-3-4-8-15-12/h3-4,6,8H,5,7,9-11H2,1-2H3,(H3,14,16,17). The Balaban J connectivity index is 2.13. The molecule has 0 aromatic carbocycles. The SMILES string of the molecule is CN(C)CCCN=C(N)NCCc1ccccn1. The van der Waals surface area contributed by atoms with Gasteiger partial charge in [-0.3, -0.25) is 9.98 Å². The van der Waals surface area contributed by atoms with Gasteiger partial charge in [0.1, 0.15) is 0 Å². The lowest BCUT2D eigenvalue weighted by Gasteiger charge is -2.08. The summed E-state index contributed by atoms with van der Waals surface area (Å²) in [6, 6.07) is 5.91. The van der Waals surface area contributed by atoms with Crippen molar-refractivity contribution in [3.8, 4) is 0 Å². The topological polar surface area (TPSA) is 66.5 Å². The molecule has 0 radical (unpaired) electrons. The molecule has 1 aromatic heterocycles. The molecule has 0 amide bonds. The molecule has 0 aliphatic rings. The van der Waals surface area contributed by atoms with Gasteiger partial charge in [-0.1, -0.05) is 6.07 Å². The van der Waals surface area contributed by atoms with Gasteiger partial charge in [-0.15, -0.1) is 0 Å². The van der Waals surface area contributed by atoms with E-state index < -0.39 is 0 Å². The number of nitrogens with zero attached hydrogens (tertiary/aromatic N) is 3. The van der Waals surface area contributed by atoms with Crippen LogP contribution < -0.4 is 11.1 Å². The Morgan fingerprint density at radius 3 is 2.94 bits per heavy atom. The first-order valence-electron chi connectivity index (χ1n) is 6.27. The van der Waals surface area contributed by atoms with E-state index in [2.05, 4.69) is 34.3 Å². The maximum atomic E-state index is 5.76. The predicted octanol–water partition coefficient (Wildman–Crippen LogP) is 0.480. The molecule has 100 valence electrons. The van der Waals surface area contributed by atoms with Crippen molar-refractivity contribution in [1.29, 1.82) is 0 Å². The highest BCUT2D eigenvalue weighted by molar-refractivity contribution is 5.77. The van der Waals surface area contributed by atoms with Gasteiger partial charge in [-0.25, -0.2) is 0 Å². The molecule has 0 unspecified atom stereocenters. The summed E-state index contributed by atoms with van der Waals surface area (Å²) < 4.78 is 0. The molecule has 0 atom stereocenters. The number of nitrogens with one attached hydrogen (secondary N) is 1. The lowest BCUT2D eigenvalue weighted by molar-refractivity contribution is 0.403. The van der Waals surface area contributed by atoms with E-state index in [1.807, 2.05) is 18.2 Å². The van der Waals surface area contributed by atoms with Crippen molar-refractivity contribution >= 4 is 5.96 Å². The van der Waals surface area contributed by atoms with Crippen LogP contribution >= 0.6 is 0 Å². The maximum absolute atomic E-state index is 5.76. The van der Waals surface area contributed by atoms with Crippen LogP contribution in [0.2, 0.25) is 0 Å². The molecule has 5 heteroatoms. The molecule has 1 heterocycles. The summed E-state index contributed by atoms with van der Waals surface area (Å²) in [5, 5.41) is 3.09. The summed E-state index contributed by atoms with van der Waals surface area (Å²) in [6.07, 6.45) is 3.68. The summed E-state index contributed by atoms with van der Waals surface area (Å²) in [6.45, 7) is 2.56. The van der Waals surface area contributed by atoms with Crippen molar-refractivity contribution in [2.45, 2.75) is 12.8 Å². The quantitative estimate of drug-likeness (QED) is 0.419. The molecule has 0 spiro atoms. The van der Waals surface area contributed by atoms with E-state index in [1.54, 1.807) is 6.20 Å². The fraction of sp³-hybridized carbons (Fsp3) is 0.538. The van der Waals surface area contributed by atoms with Crippen molar-refractivity contribution in [2.75, 3.05) is 33.7 Å². The van der Waals surface area contributed by atoms with Crippen LogP contribution in [0.4, 0.5) is 0 Å². The van der Waals surface area contributed by atoms with Crippen molar-refractivity contribution < 1.29 is 0 Å². The third-order valence-electron chi connectivity index (χ3n) is 2.46. The molecule has 0 fully saturated rings. The third-order valence-corrected chi connectivity index (χ3v) is 2.46. The fourth-order valence-electron chi connectivity index (χ4n) is 1.51. The number of guanidine groups is 1. The van der Waals surface area contributed by atoms with Crippen LogP contribution in [0.1, 0.15) is 12.1 Å². The number of pyridine rings is 1. The van der Waals surface area contributed by atoms with Crippen LogP contribution in [0.5, 0.6) is 0 Å². The predicted molar refractivity (Wildman–Crippen MR) is 75.6 cm³/mol. The molecular formula is C13H23N5. The number of nitrogens with two attached hydrogens (primary N) is 1. The zero-order valence-corrected chi connectivity index (χ0v) is 11.3. The van der Waals surface area contributed by atoms with E-state index in [4.69, 9.17) is 5.73 Å². The Bertz CT molecular complexity index is 348. The average Bonchev–Trinajstić information content (AvgIpc) is 2.36. The van der Waals surface area contributed by atoms with Crippen LogP contribution in [-0.4, -0.2) is 49.6 Å². The van der Waals surface area contributed by atoms with Gasteiger partial charge in [-0.2, -0.15) is 0 Å². The second kappa shape index (κ2) is 8.47. The highest BCUT2D eigenvalue weighted by Gasteiger charge is 1.95. The molecule has 0 aliphatic heterocycles. The van der Waals surface area contributed by atoms with Crippen molar-refractivity contribution in [3.05, 3.63) is 30.1 Å². The second-order valence-electron chi connectivity index (χ2n) is 4.42. The van der Waals surface area contributed by atoms with Gasteiger partial charge in [0, 0.05) is 31.4 Å². The van der Waals surface area contributed by atoms with E-state index in [1.165, 1.54) is 0 Å². The molecule has 1 aromatic rings. The molecule has 0 saturated carbocycles. The third kappa shape index (κ3) is 6.85. The molecule has 18 heavy (non-hydrogen) atoms. The number of aromatic nitrogens is 1. The Morgan fingerprint density at radius 1 is 1.44 bits per heavy atom. The number of hydrogen-bond acceptors (Lipinski definition) is 3. The fourth-order valence-corrected chi connectivity index (χ4v) is 1.51. The van der Waals surface area contributed by atoms with E-state index in [-0.39, 0.29) is 0 Å². The van der Waals surface area contributed by atoms with Crippen LogP contribution in [0.3, 0.4) is 0 Å². The lowest BCUT2D eigenvalue weighted by atomic mass is 10.3. The average molecular weight is 249 g/mol. The normalized spacial score (nSPS) is 11.8. The van der Waals surface area contributed by atoms with Gasteiger partial charge in [0.05, 0.1) is 0 Å². The molecule has 1 rings (SSSR count). The van der Waals surface area contributed by atoms with Crippen LogP contribution in [-0.2, 0) is 6.42 Å². The molecule has 5 nitrogen and oxygen atoms in total. The molecule has 3 N–H and O–H groups in total. The Labute approximate surface area is 109 Å². The van der Waals surface area contributed by atoms with E-state index >= 15 is 0 Å². The zero-order valence-electron chi connectivity index (χ0n) is 11.3. The molecule has 0 saturated heterocycles. The van der Waals surface area contributed by atoms with Crippen LogP contribution in [0.25, 0.3) is 0 Å². The molecular weight excluding hydrogens is 226 g/mol. The molecule has 0 aliphatic carbocycles. The van der Waals surface area contributed by atoms with E-state index in [9.17, 15) is 0 Å². The van der Waals surface area contributed by atoms with Crippen molar-refractivity contribution in [2.24, 2.45) is 10.7 Å². The second-order valence-corrected chi connectivity index (χ2v) is 4.42. The summed E-state index contributed by atoms with van der Waals surface area (Å²) in [4.78, 5) is 10.6. The first kappa shape index (κ1) is 14.4. The van der Waals surface area contributed by atoms with Gasteiger partial charge >= 0.3 is 0 Å². The van der Waals surface area contributed by atoms with Crippen molar-refractivity contribution in [1.82, 2.24) is 15.2 Å². The monoisotopic (exact) mass is 249 g/mol. The molecule has 0 bridgehead atoms. The minimum absolute atomic E-state index is 0.518. The zero-order chi connectivity index (χ0) is 13.2. The van der Waals surface area contributed by atoms with E-state index in [0.29, 0.717) is 5.96 Å². The minimum atomic E-state index is 0.518. The first-order chi connectivity index (χ1) is 8.68. The van der Waals surface area contributed by atoms with Gasteiger partial charge in [0.2, 0.25) is 0 Å². The smallest absolute Gasteiger partial charge is 0.188 e. The maximum Gasteiger partial charge on any atom is 0.188 e. The van der Waals surface area contributed by atoms with Gasteiger partial charge in [0.25, 0.3) is 0 Å². The largest absolute Gasteiger partial charge is 0.370 e. The minimum Gasteiger partial charge on any atom is -0.370 e. The summed E-state index contributed by atoms with van der Waals surface area (Å²) in [5.41, 5.74) is 6.82. The summed E-state index contributed by atoms with van der Waals surface area (Å²) in [5.74, 6) is 0.518. The Hall–Kier alpha value is -1.62. The van der Waals surface area contributed by atoms with E-state index in [0.717, 1.165) is 38.2 Å². The Morgan fingerprint density at radius 2 is 2.28 bits per heavy atom. The summed E-state index contributed by atoms with van der Waals surface area (Å²) >= 11 is 0. The number of hydrogen-bond donors (Lipinski definition) is 2. The number of aliphatic imine (C=N–C) groups is 1. The van der Waals surface area contributed by atoms with Gasteiger partial charge < -0.3 is 16.0 Å². The highest BCUT2D eigenvalue weighted by Crippen LogP contribution is 1.92. The van der Waals surface area contributed by atoms with Crippen LogP contribution in [0.15, 0.2) is 29.4 Å². The lowest BCUT2D eigenvalue weighted by Crippen LogP contribution is -2.33.